The van der Waals surface area contributed by atoms with Crippen molar-refractivity contribution < 1.29 is 13.9 Å². The minimum absolute atomic E-state index is 0.0646. The predicted molar refractivity (Wildman–Crippen MR) is 137 cm³/mol. The van der Waals surface area contributed by atoms with Crippen LogP contribution in [-0.4, -0.2) is 6.71 Å². The summed E-state index contributed by atoms with van der Waals surface area (Å²) in [6, 6.07) is 35.3. The lowest BCUT2D eigenvalue weighted by Gasteiger charge is -2.33. The topological polar surface area (TPSA) is 31.6 Å². The maximum atomic E-state index is 6.59. The van der Waals surface area contributed by atoms with E-state index in [1.165, 1.54) is 0 Å². The van der Waals surface area contributed by atoms with E-state index < -0.39 is 0 Å². The van der Waals surface area contributed by atoms with Crippen LogP contribution >= 0.6 is 0 Å². The quantitative estimate of drug-likeness (QED) is 0.297. The van der Waals surface area contributed by atoms with Crippen LogP contribution in [0.2, 0.25) is 0 Å². The molecule has 5 aromatic carbocycles. The zero-order valence-electron chi connectivity index (χ0n) is 18.1. The van der Waals surface area contributed by atoms with E-state index in [1.807, 2.05) is 36.4 Å². The van der Waals surface area contributed by atoms with E-state index in [1.54, 1.807) is 0 Å². The minimum Gasteiger partial charge on any atom is -0.458 e. The van der Waals surface area contributed by atoms with Crippen molar-refractivity contribution in [3.63, 3.8) is 0 Å². The van der Waals surface area contributed by atoms with Crippen LogP contribution in [0, 0.1) is 0 Å². The van der Waals surface area contributed by atoms with Gasteiger partial charge < -0.3 is 13.9 Å². The fraction of sp³-hybridized carbons (Fsp3) is 0. The van der Waals surface area contributed by atoms with Crippen LogP contribution in [0.3, 0.4) is 0 Å². The first-order valence-electron chi connectivity index (χ1n) is 11.5. The Balaban J connectivity index is 1.38. The number of rotatable bonds is 1. The van der Waals surface area contributed by atoms with E-state index in [2.05, 4.69) is 66.7 Å². The lowest BCUT2D eigenvalue weighted by atomic mass is 9.34. The largest absolute Gasteiger partial charge is 0.458 e. The van der Waals surface area contributed by atoms with Gasteiger partial charge in [0.05, 0.1) is 0 Å². The lowest BCUT2D eigenvalue weighted by molar-refractivity contribution is 0.465. The molecule has 2 aliphatic heterocycles. The van der Waals surface area contributed by atoms with E-state index in [4.69, 9.17) is 13.9 Å². The number of hydrogen-bond acceptors (Lipinski definition) is 3. The van der Waals surface area contributed by atoms with Gasteiger partial charge in [0.25, 0.3) is 6.71 Å². The first-order chi connectivity index (χ1) is 16.8. The minimum atomic E-state index is 0.0646. The summed E-state index contributed by atoms with van der Waals surface area (Å²) in [5.41, 5.74) is 7.27. The smallest absolute Gasteiger partial charge is 0.260 e. The summed E-state index contributed by atoms with van der Waals surface area (Å²) in [6.45, 7) is 0.0646. The molecule has 0 atom stereocenters. The van der Waals surface area contributed by atoms with Gasteiger partial charge in [-0.25, -0.2) is 0 Å². The Bertz CT molecular complexity index is 1770. The predicted octanol–water partition coefficient (Wildman–Crippen LogP) is 5.98. The summed E-state index contributed by atoms with van der Waals surface area (Å²) < 4.78 is 19.1. The normalized spacial score (nSPS) is 13.1. The third kappa shape index (κ3) is 2.37. The molecule has 4 heteroatoms. The van der Waals surface area contributed by atoms with Gasteiger partial charge in [-0.3, -0.25) is 0 Å². The average molecular weight is 436 g/mol. The maximum absolute atomic E-state index is 6.59. The summed E-state index contributed by atoms with van der Waals surface area (Å²) in [5, 5.41) is 2.25. The molecule has 0 unspecified atom stereocenters. The lowest BCUT2D eigenvalue weighted by Crippen LogP contribution is -2.57. The molecule has 0 spiro atoms. The third-order valence-electron chi connectivity index (χ3n) is 7.03. The van der Waals surface area contributed by atoms with Gasteiger partial charge in [0.1, 0.15) is 34.2 Å². The Hall–Kier alpha value is -4.44. The average Bonchev–Trinajstić information content (AvgIpc) is 3.26. The van der Waals surface area contributed by atoms with E-state index in [0.717, 1.165) is 72.5 Å². The first-order valence-corrected chi connectivity index (χ1v) is 11.5. The van der Waals surface area contributed by atoms with E-state index in [9.17, 15) is 0 Å². The molecule has 0 bridgehead atoms. The monoisotopic (exact) mass is 436 g/mol. The van der Waals surface area contributed by atoms with Crippen LogP contribution in [0.4, 0.5) is 0 Å². The van der Waals surface area contributed by atoms with Crippen LogP contribution in [0.25, 0.3) is 33.1 Å². The van der Waals surface area contributed by atoms with Gasteiger partial charge in [0.2, 0.25) is 0 Å². The molecule has 0 amide bonds. The molecule has 3 nitrogen and oxygen atoms in total. The highest BCUT2D eigenvalue weighted by molar-refractivity contribution is 6.98. The summed E-state index contributed by atoms with van der Waals surface area (Å²) in [7, 11) is 0. The highest BCUT2D eigenvalue weighted by Gasteiger charge is 2.40. The van der Waals surface area contributed by atoms with Gasteiger partial charge in [0.15, 0.2) is 0 Å². The molecular formula is C30H17BO3. The molecule has 0 aliphatic carbocycles. The van der Waals surface area contributed by atoms with Crippen LogP contribution in [0.5, 0.6) is 23.0 Å². The third-order valence-corrected chi connectivity index (χ3v) is 7.03. The van der Waals surface area contributed by atoms with E-state index in [0.29, 0.717) is 0 Å². The number of fused-ring (bicyclic) bond motifs is 7. The summed E-state index contributed by atoms with van der Waals surface area (Å²) in [4.78, 5) is 0. The number of ether oxygens (including phenoxy) is 2. The van der Waals surface area contributed by atoms with Gasteiger partial charge in [-0.15, -0.1) is 0 Å². The molecule has 2 aliphatic rings. The Morgan fingerprint density at radius 1 is 0.529 bits per heavy atom. The molecule has 8 rings (SSSR count). The zero-order chi connectivity index (χ0) is 22.2. The Kier molecular flexibility index (Phi) is 3.48. The molecule has 6 aromatic rings. The molecular weight excluding hydrogens is 419 g/mol. The van der Waals surface area contributed by atoms with Crippen molar-refractivity contribution in [3.8, 4) is 34.1 Å². The Morgan fingerprint density at radius 2 is 1.24 bits per heavy atom. The number of furan rings is 1. The molecule has 0 saturated heterocycles. The Labute approximate surface area is 196 Å². The van der Waals surface area contributed by atoms with Gasteiger partial charge >= 0.3 is 0 Å². The molecule has 1 aromatic heterocycles. The summed E-state index contributed by atoms with van der Waals surface area (Å²) in [6.07, 6.45) is 0. The van der Waals surface area contributed by atoms with Crippen LogP contribution in [-0.2, 0) is 0 Å². The number of para-hydroxylation sites is 3. The van der Waals surface area contributed by atoms with Gasteiger partial charge in [-0.2, -0.15) is 0 Å². The van der Waals surface area contributed by atoms with Crippen molar-refractivity contribution in [2.75, 3.05) is 0 Å². The molecule has 34 heavy (non-hydrogen) atoms. The maximum Gasteiger partial charge on any atom is 0.260 e. The van der Waals surface area contributed by atoms with E-state index in [-0.39, 0.29) is 6.71 Å². The highest BCUT2D eigenvalue weighted by atomic mass is 16.5. The molecule has 0 saturated carbocycles. The number of benzene rings is 5. The standard InChI is InChI=1S/C30H17BO3/c1-4-10-24-20(7-1)21-14-13-18(17-28(21)32-24)19-15-16-27-29-30(19)34-26-12-6-3-9-23(26)31(29)22-8-2-5-11-25(22)33-27/h1-17H. The molecule has 0 radical (unpaired) electrons. The van der Waals surface area contributed by atoms with Gasteiger partial charge in [0, 0.05) is 21.8 Å². The van der Waals surface area contributed by atoms with Crippen molar-refractivity contribution in [1.29, 1.82) is 0 Å². The molecule has 0 N–H and O–H groups in total. The zero-order valence-corrected chi connectivity index (χ0v) is 18.1. The SMILES string of the molecule is c1ccc2c(c1)Oc1ccc(-c3ccc4c(c3)oc3ccccc34)c3c1B2c1ccccc1O3. The summed E-state index contributed by atoms with van der Waals surface area (Å²) in [5.74, 6) is 3.49. The van der Waals surface area contributed by atoms with Crippen molar-refractivity contribution in [2.45, 2.75) is 0 Å². The van der Waals surface area contributed by atoms with E-state index >= 15 is 0 Å². The highest BCUT2D eigenvalue weighted by Crippen LogP contribution is 2.41. The molecule has 3 heterocycles. The number of hydrogen-bond donors (Lipinski definition) is 0. The van der Waals surface area contributed by atoms with Crippen molar-refractivity contribution >= 4 is 45.0 Å². The second kappa shape index (κ2) is 6.55. The fourth-order valence-corrected chi connectivity index (χ4v) is 5.51. The summed E-state index contributed by atoms with van der Waals surface area (Å²) >= 11 is 0. The fourth-order valence-electron chi connectivity index (χ4n) is 5.51. The van der Waals surface area contributed by atoms with Gasteiger partial charge in [-0.05, 0) is 59.0 Å². The van der Waals surface area contributed by atoms with Crippen LogP contribution < -0.4 is 25.9 Å². The van der Waals surface area contributed by atoms with Crippen LogP contribution in [0.15, 0.2) is 108 Å². The van der Waals surface area contributed by atoms with Crippen molar-refractivity contribution in [2.24, 2.45) is 0 Å². The second-order valence-corrected chi connectivity index (χ2v) is 8.88. The van der Waals surface area contributed by atoms with Crippen LogP contribution in [0.1, 0.15) is 0 Å². The van der Waals surface area contributed by atoms with Crippen molar-refractivity contribution in [1.82, 2.24) is 0 Å². The Morgan fingerprint density at radius 3 is 2.09 bits per heavy atom. The second-order valence-electron chi connectivity index (χ2n) is 8.88. The van der Waals surface area contributed by atoms with Crippen molar-refractivity contribution in [3.05, 3.63) is 103 Å². The molecule has 158 valence electrons. The first kappa shape index (κ1) is 18.0. The molecule has 0 fully saturated rings. The van der Waals surface area contributed by atoms with Gasteiger partial charge in [-0.1, -0.05) is 60.7 Å².